The van der Waals surface area contributed by atoms with Crippen LogP contribution < -0.4 is 6.15 Å². The molecule has 0 aliphatic carbocycles. The van der Waals surface area contributed by atoms with Gasteiger partial charge in [0.2, 0.25) is 0 Å². The van der Waals surface area contributed by atoms with Crippen molar-refractivity contribution >= 4 is 9.90 Å². The monoisotopic (exact) mass is 132 g/mol. The summed E-state index contributed by atoms with van der Waals surface area (Å²) in [5.41, 5.74) is 0. The van der Waals surface area contributed by atoms with E-state index in [1.165, 1.54) is 0 Å². The first-order valence-electron chi connectivity index (χ1n) is 0.565. The van der Waals surface area contributed by atoms with E-state index < -0.39 is 5.09 Å². The molecule has 6 nitrogen and oxygen atoms in total. The summed E-state index contributed by atoms with van der Waals surface area (Å²) in [6.45, 7) is 0. The summed E-state index contributed by atoms with van der Waals surface area (Å²) in [5, 5.41) is 13.6. The van der Waals surface area contributed by atoms with Crippen LogP contribution in [-0.4, -0.2) is 15.8 Å². The normalized spacial score (nSPS) is 3.43. The third-order valence-electron chi connectivity index (χ3n) is 0. The van der Waals surface area contributed by atoms with Crippen LogP contribution in [0.4, 0.5) is 0 Å². The van der Waals surface area contributed by atoms with Crippen LogP contribution >= 0.6 is 9.90 Å². The van der Waals surface area contributed by atoms with Crippen molar-refractivity contribution in [1.82, 2.24) is 6.15 Å². The summed E-state index contributed by atoms with van der Waals surface area (Å²) < 4.78 is 0. The summed E-state index contributed by atoms with van der Waals surface area (Å²) in [6, 6.07) is 0. The first-order chi connectivity index (χ1) is 1.73. The molecule has 1 atom stereocenters. The van der Waals surface area contributed by atoms with Gasteiger partial charge in [-0.25, -0.2) is 0 Å². The van der Waals surface area contributed by atoms with Crippen molar-refractivity contribution in [3.63, 3.8) is 0 Å². The molecule has 48 valence electrons. The summed E-state index contributed by atoms with van der Waals surface area (Å²) in [4.78, 5) is 8.36. The molecule has 0 aliphatic heterocycles. The molecular formula is H9N2O4P. The van der Waals surface area contributed by atoms with E-state index in [1.54, 1.807) is 0 Å². The van der Waals surface area contributed by atoms with Crippen LogP contribution in [0.2, 0.25) is 0 Å². The molecule has 6 N–H and O–H groups in total. The van der Waals surface area contributed by atoms with Crippen molar-refractivity contribution in [2.24, 2.45) is 0 Å². The molecule has 7 heavy (non-hydrogen) atoms. The van der Waals surface area contributed by atoms with Crippen molar-refractivity contribution in [2.45, 2.75) is 0 Å². The van der Waals surface area contributed by atoms with Crippen LogP contribution in [-0.2, 0) is 0 Å². The zero-order valence-electron chi connectivity index (χ0n) is 3.63. The molecule has 0 aromatic rings. The van der Waals surface area contributed by atoms with Gasteiger partial charge in [0, 0.05) is 0 Å². The van der Waals surface area contributed by atoms with Gasteiger partial charge in [0.15, 0.2) is 0 Å². The van der Waals surface area contributed by atoms with Gasteiger partial charge in [-0.1, -0.05) is 0 Å². The van der Waals surface area contributed by atoms with Crippen LogP contribution in [0.25, 0.3) is 0 Å². The van der Waals surface area contributed by atoms with E-state index in [9.17, 15) is 0 Å². The van der Waals surface area contributed by atoms with Crippen LogP contribution in [0.5, 0.6) is 0 Å². The number of rotatable bonds is 0. The maximum Gasteiger partial charge on any atom is 0.291 e. The fraction of sp³-hybridized carbons (Fsp3) is 0. The first kappa shape index (κ1) is 31.0. The zero-order chi connectivity index (χ0) is 3.58. The molecule has 0 radical (unpaired) electrons. The minimum Gasteiger partial charge on any atom is -0.412 e. The molecule has 0 heterocycles. The quantitative estimate of drug-likeness (QED) is 0.250. The topological polar surface area (TPSA) is 130 Å². The molecule has 0 aliphatic rings. The van der Waals surface area contributed by atoms with Crippen LogP contribution in [0.3, 0.4) is 0 Å². The Hall–Kier alpha value is -0.450. The molecule has 7 heteroatoms. The molecule has 0 fully saturated rings. The lowest BCUT2D eigenvalue weighted by Crippen LogP contribution is -1.81. The van der Waals surface area contributed by atoms with Crippen molar-refractivity contribution in [3.8, 4) is 0 Å². The second-order valence-electron chi connectivity index (χ2n) is 0.238. The largest absolute Gasteiger partial charge is 0.412 e. The molecular weight excluding hydrogens is 123 g/mol. The standard InChI is InChI=1S/HNO3.H3N.H2O.H3P/c2-1(3)4;;;/h(H,2,3,4);1H3;1H2;1H3. The Morgan fingerprint density at radius 2 is 1.57 bits per heavy atom. The number of hydrogen-bond donors (Lipinski definition) is 2. The molecule has 0 rings (SSSR count). The van der Waals surface area contributed by atoms with Gasteiger partial charge in [-0.2, -0.15) is 9.90 Å². The maximum absolute atomic E-state index is 8.36. The van der Waals surface area contributed by atoms with E-state index in [-0.39, 0.29) is 21.5 Å². The summed E-state index contributed by atoms with van der Waals surface area (Å²) >= 11 is 0. The van der Waals surface area contributed by atoms with Gasteiger partial charge >= 0.3 is 0 Å². The van der Waals surface area contributed by atoms with E-state index in [0.29, 0.717) is 0 Å². The molecule has 1 unspecified atom stereocenters. The second-order valence-corrected chi connectivity index (χ2v) is 0.238. The molecule has 0 saturated carbocycles. The van der Waals surface area contributed by atoms with Crippen molar-refractivity contribution in [2.75, 3.05) is 0 Å². The predicted octanol–water partition coefficient (Wildman–Crippen LogP) is -0.952. The molecule has 0 bridgehead atoms. The van der Waals surface area contributed by atoms with Gasteiger partial charge in [0.05, 0.1) is 0 Å². The van der Waals surface area contributed by atoms with Crippen LogP contribution in [0.15, 0.2) is 0 Å². The first-order valence-corrected chi connectivity index (χ1v) is 0.565. The highest BCUT2D eigenvalue weighted by Gasteiger charge is 1.65. The van der Waals surface area contributed by atoms with Gasteiger partial charge in [-0.05, 0) is 0 Å². The Bertz CT molecular complexity index is 32.7. The summed E-state index contributed by atoms with van der Waals surface area (Å²) in [7, 11) is 0. The van der Waals surface area contributed by atoms with E-state index in [1.807, 2.05) is 0 Å². The van der Waals surface area contributed by atoms with E-state index in [2.05, 4.69) is 0 Å². The lowest BCUT2D eigenvalue weighted by atomic mass is 13.1. The molecule has 0 aromatic carbocycles. The number of nitrogens with zero attached hydrogens (tertiary/aromatic N) is 1. The SMILES string of the molecule is N.O.O=[N+]([O-])O.P. The minimum atomic E-state index is -1.50. The van der Waals surface area contributed by atoms with E-state index in [4.69, 9.17) is 15.3 Å². The van der Waals surface area contributed by atoms with Gasteiger partial charge in [-0.15, -0.1) is 10.1 Å². The molecule has 0 saturated heterocycles. The van der Waals surface area contributed by atoms with E-state index in [0.717, 1.165) is 0 Å². The smallest absolute Gasteiger partial charge is 0.291 e. The zero-order valence-corrected chi connectivity index (χ0v) is 5.04. The van der Waals surface area contributed by atoms with Gasteiger partial charge in [0.25, 0.3) is 5.09 Å². The van der Waals surface area contributed by atoms with Crippen molar-refractivity contribution < 1.29 is 15.8 Å². The third-order valence-corrected chi connectivity index (χ3v) is 0. The highest BCUT2D eigenvalue weighted by Crippen LogP contribution is 1.38. The highest BCUT2D eigenvalue weighted by atomic mass is 31.0. The Kier molecular flexibility index (Phi) is 78.3. The minimum absolute atomic E-state index is 0. The summed E-state index contributed by atoms with van der Waals surface area (Å²) in [6.07, 6.45) is 0. The fourth-order valence-electron chi connectivity index (χ4n) is 0. The molecule has 0 aromatic heterocycles. The van der Waals surface area contributed by atoms with Crippen LogP contribution in [0, 0.1) is 10.1 Å². The number of hydrogen-bond acceptors (Lipinski definition) is 3. The van der Waals surface area contributed by atoms with E-state index >= 15 is 0 Å². The van der Waals surface area contributed by atoms with Crippen molar-refractivity contribution in [3.05, 3.63) is 10.1 Å². The fourth-order valence-corrected chi connectivity index (χ4v) is 0. The van der Waals surface area contributed by atoms with Gasteiger partial charge < -0.3 is 16.8 Å². The Labute approximate surface area is 43.1 Å². The van der Waals surface area contributed by atoms with Gasteiger partial charge in [-0.3, -0.25) is 0 Å². The van der Waals surface area contributed by atoms with Crippen molar-refractivity contribution in [1.29, 1.82) is 0 Å². The predicted molar refractivity (Wildman–Crippen MR) is 28.5 cm³/mol. The lowest BCUT2D eigenvalue weighted by molar-refractivity contribution is -0.742. The average molecular weight is 132 g/mol. The second kappa shape index (κ2) is 17.7. The lowest BCUT2D eigenvalue weighted by Gasteiger charge is -1.56. The maximum atomic E-state index is 8.36. The Morgan fingerprint density at radius 1 is 1.57 bits per heavy atom. The molecule has 0 spiro atoms. The average Bonchev–Trinajstić information content (AvgIpc) is 0.811. The third kappa shape index (κ3) is 345. The highest BCUT2D eigenvalue weighted by molar-refractivity contribution is 6.92. The summed E-state index contributed by atoms with van der Waals surface area (Å²) in [5.74, 6) is 0. The van der Waals surface area contributed by atoms with Crippen LogP contribution in [0.1, 0.15) is 0 Å². The molecule has 0 amide bonds. The van der Waals surface area contributed by atoms with Gasteiger partial charge in [0.1, 0.15) is 0 Å². The Morgan fingerprint density at radius 3 is 1.57 bits per heavy atom. The Balaban J connectivity index is -0.0000000150.